The summed E-state index contributed by atoms with van der Waals surface area (Å²) in [7, 11) is 0. The average Bonchev–Trinajstić information content (AvgIpc) is 2.90. The SMILES string of the molecule is C[C@@H](NC(=O)Cn1ccsc1=N)c1cccs1. The van der Waals surface area contributed by atoms with Crippen molar-refractivity contribution >= 4 is 28.6 Å². The Bertz CT molecular complexity index is 541. The molecule has 90 valence electrons. The van der Waals surface area contributed by atoms with Gasteiger partial charge in [0.1, 0.15) is 6.54 Å². The Hall–Kier alpha value is -1.40. The number of hydrogen-bond acceptors (Lipinski definition) is 4. The molecular weight excluding hydrogens is 254 g/mol. The second-order valence-electron chi connectivity index (χ2n) is 3.64. The third-order valence-corrected chi connectivity index (χ3v) is 4.11. The number of rotatable bonds is 4. The monoisotopic (exact) mass is 267 g/mol. The zero-order chi connectivity index (χ0) is 12.3. The molecule has 0 aliphatic heterocycles. The Morgan fingerprint density at radius 2 is 2.35 bits per heavy atom. The van der Waals surface area contributed by atoms with E-state index >= 15 is 0 Å². The Labute approximate surface area is 107 Å². The van der Waals surface area contributed by atoms with Gasteiger partial charge in [-0.1, -0.05) is 6.07 Å². The third-order valence-electron chi connectivity index (χ3n) is 2.34. The molecule has 4 nitrogen and oxygen atoms in total. The Morgan fingerprint density at radius 1 is 1.53 bits per heavy atom. The van der Waals surface area contributed by atoms with Crippen LogP contribution in [0.25, 0.3) is 0 Å². The van der Waals surface area contributed by atoms with Crippen LogP contribution in [-0.2, 0) is 11.3 Å². The fraction of sp³-hybridized carbons (Fsp3) is 0.273. The molecule has 2 rings (SSSR count). The van der Waals surface area contributed by atoms with Crippen molar-refractivity contribution in [3.8, 4) is 0 Å². The molecule has 0 saturated carbocycles. The molecule has 2 heterocycles. The van der Waals surface area contributed by atoms with Crippen LogP contribution in [0.4, 0.5) is 0 Å². The largest absolute Gasteiger partial charge is 0.347 e. The number of nitrogens with zero attached hydrogens (tertiary/aromatic N) is 1. The molecule has 2 aromatic rings. The Morgan fingerprint density at radius 3 is 2.94 bits per heavy atom. The van der Waals surface area contributed by atoms with Gasteiger partial charge in [0, 0.05) is 16.5 Å². The van der Waals surface area contributed by atoms with Crippen molar-refractivity contribution in [1.29, 1.82) is 5.41 Å². The molecule has 17 heavy (non-hydrogen) atoms. The highest BCUT2D eigenvalue weighted by Crippen LogP contribution is 2.17. The molecular formula is C11H13N3OS2. The molecule has 0 aliphatic rings. The molecule has 0 aliphatic carbocycles. The van der Waals surface area contributed by atoms with E-state index in [-0.39, 0.29) is 18.5 Å². The average molecular weight is 267 g/mol. The number of carbonyl (C=O) groups excluding carboxylic acids is 1. The molecule has 0 unspecified atom stereocenters. The van der Waals surface area contributed by atoms with E-state index in [0.29, 0.717) is 4.80 Å². The van der Waals surface area contributed by atoms with E-state index in [1.165, 1.54) is 11.3 Å². The van der Waals surface area contributed by atoms with Gasteiger partial charge in [-0.2, -0.15) is 0 Å². The van der Waals surface area contributed by atoms with Crippen molar-refractivity contribution in [2.75, 3.05) is 0 Å². The zero-order valence-corrected chi connectivity index (χ0v) is 11.0. The number of amides is 1. The lowest BCUT2D eigenvalue weighted by molar-refractivity contribution is -0.122. The van der Waals surface area contributed by atoms with Gasteiger partial charge in [0.05, 0.1) is 6.04 Å². The number of thiazole rings is 1. The fourth-order valence-corrected chi connectivity index (χ4v) is 2.81. The molecule has 0 aromatic carbocycles. The minimum absolute atomic E-state index is 0.0240. The van der Waals surface area contributed by atoms with Gasteiger partial charge >= 0.3 is 0 Å². The van der Waals surface area contributed by atoms with Crippen LogP contribution >= 0.6 is 22.7 Å². The minimum atomic E-state index is -0.0669. The first-order chi connectivity index (χ1) is 8.16. The fourth-order valence-electron chi connectivity index (χ4n) is 1.48. The summed E-state index contributed by atoms with van der Waals surface area (Å²) in [6, 6.07) is 4.00. The normalized spacial score (nSPS) is 12.3. The third kappa shape index (κ3) is 3.04. The van der Waals surface area contributed by atoms with Gasteiger partial charge < -0.3 is 9.88 Å². The standard InChI is InChI=1S/C11H13N3OS2/c1-8(9-3-2-5-16-9)13-10(15)7-14-4-6-17-11(14)12/h2-6,8,12H,7H2,1H3,(H,13,15)/t8-/m1/s1. The molecule has 0 saturated heterocycles. The number of nitrogens with one attached hydrogen (secondary N) is 2. The van der Waals surface area contributed by atoms with Crippen molar-refractivity contribution in [1.82, 2.24) is 9.88 Å². The molecule has 1 amide bonds. The number of hydrogen-bond donors (Lipinski definition) is 2. The van der Waals surface area contributed by atoms with Crippen molar-refractivity contribution in [2.24, 2.45) is 0 Å². The molecule has 0 fully saturated rings. The zero-order valence-electron chi connectivity index (χ0n) is 9.34. The number of thiophene rings is 1. The molecule has 2 aromatic heterocycles. The molecule has 0 radical (unpaired) electrons. The van der Waals surface area contributed by atoms with Crippen LogP contribution in [0.15, 0.2) is 29.1 Å². The molecule has 1 atom stereocenters. The second kappa shape index (κ2) is 5.29. The van der Waals surface area contributed by atoms with E-state index in [1.807, 2.05) is 24.4 Å². The summed E-state index contributed by atoms with van der Waals surface area (Å²) < 4.78 is 1.63. The van der Waals surface area contributed by atoms with Gasteiger partial charge in [-0.3, -0.25) is 10.2 Å². The van der Waals surface area contributed by atoms with E-state index in [2.05, 4.69) is 5.32 Å². The molecule has 0 bridgehead atoms. The predicted molar refractivity (Wildman–Crippen MR) is 69.0 cm³/mol. The van der Waals surface area contributed by atoms with Crippen LogP contribution in [-0.4, -0.2) is 10.5 Å². The second-order valence-corrected chi connectivity index (χ2v) is 5.51. The summed E-state index contributed by atoms with van der Waals surface area (Å²) in [5.41, 5.74) is 0. The Balaban J connectivity index is 1.94. The van der Waals surface area contributed by atoms with Gasteiger partial charge in [-0.15, -0.1) is 22.7 Å². The summed E-state index contributed by atoms with van der Waals surface area (Å²) in [5.74, 6) is -0.0669. The van der Waals surface area contributed by atoms with Gasteiger partial charge in [-0.25, -0.2) is 0 Å². The highest BCUT2D eigenvalue weighted by Gasteiger charge is 2.10. The Kier molecular flexibility index (Phi) is 3.75. The smallest absolute Gasteiger partial charge is 0.240 e. The highest BCUT2D eigenvalue weighted by atomic mass is 32.1. The van der Waals surface area contributed by atoms with E-state index in [4.69, 9.17) is 5.41 Å². The predicted octanol–water partition coefficient (Wildman–Crippen LogP) is 1.97. The molecule has 6 heteroatoms. The van der Waals surface area contributed by atoms with Crippen molar-refractivity contribution in [3.05, 3.63) is 38.8 Å². The van der Waals surface area contributed by atoms with Crippen LogP contribution in [0.3, 0.4) is 0 Å². The maximum Gasteiger partial charge on any atom is 0.240 e. The van der Waals surface area contributed by atoms with Crippen LogP contribution < -0.4 is 10.1 Å². The van der Waals surface area contributed by atoms with Crippen LogP contribution in [0, 0.1) is 5.41 Å². The van der Waals surface area contributed by atoms with Crippen LogP contribution in [0.1, 0.15) is 17.8 Å². The summed E-state index contributed by atoms with van der Waals surface area (Å²) in [4.78, 5) is 13.3. The van der Waals surface area contributed by atoms with E-state index in [0.717, 1.165) is 4.88 Å². The molecule has 0 spiro atoms. The summed E-state index contributed by atoms with van der Waals surface area (Å²) in [5, 5.41) is 14.3. The maximum absolute atomic E-state index is 11.8. The number of carbonyl (C=O) groups is 1. The summed E-state index contributed by atoms with van der Waals surface area (Å²) >= 11 is 2.94. The van der Waals surface area contributed by atoms with Crippen LogP contribution in [0.2, 0.25) is 0 Å². The summed E-state index contributed by atoms with van der Waals surface area (Å²) in [6.45, 7) is 2.17. The lowest BCUT2D eigenvalue weighted by atomic mass is 10.3. The summed E-state index contributed by atoms with van der Waals surface area (Å²) in [6.07, 6.45) is 1.75. The number of aromatic nitrogens is 1. The first-order valence-corrected chi connectivity index (χ1v) is 6.94. The van der Waals surface area contributed by atoms with E-state index in [1.54, 1.807) is 27.5 Å². The van der Waals surface area contributed by atoms with Gasteiger partial charge in [0.25, 0.3) is 0 Å². The van der Waals surface area contributed by atoms with Gasteiger partial charge in [0.15, 0.2) is 4.80 Å². The first kappa shape index (κ1) is 12.1. The van der Waals surface area contributed by atoms with Crippen LogP contribution in [0.5, 0.6) is 0 Å². The lowest BCUT2D eigenvalue weighted by Crippen LogP contribution is -2.31. The maximum atomic E-state index is 11.8. The topological polar surface area (TPSA) is 57.9 Å². The van der Waals surface area contributed by atoms with Gasteiger partial charge in [-0.05, 0) is 18.4 Å². The van der Waals surface area contributed by atoms with Crippen molar-refractivity contribution < 1.29 is 4.79 Å². The van der Waals surface area contributed by atoms with Crippen molar-refractivity contribution in [2.45, 2.75) is 19.5 Å². The lowest BCUT2D eigenvalue weighted by Gasteiger charge is -2.12. The van der Waals surface area contributed by atoms with E-state index in [9.17, 15) is 4.79 Å². The first-order valence-electron chi connectivity index (χ1n) is 5.18. The minimum Gasteiger partial charge on any atom is -0.347 e. The molecule has 2 N–H and O–H groups in total. The highest BCUT2D eigenvalue weighted by molar-refractivity contribution is 7.10. The van der Waals surface area contributed by atoms with Gasteiger partial charge in [0.2, 0.25) is 5.91 Å². The van der Waals surface area contributed by atoms with E-state index < -0.39 is 0 Å². The van der Waals surface area contributed by atoms with Crippen molar-refractivity contribution in [3.63, 3.8) is 0 Å². The quantitative estimate of drug-likeness (QED) is 0.874.